The van der Waals surface area contributed by atoms with Crippen LogP contribution in [0.2, 0.25) is 0 Å². The third-order valence-corrected chi connectivity index (χ3v) is 4.26. The smallest absolute Gasteiger partial charge is 0.281 e. The van der Waals surface area contributed by atoms with Crippen LogP contribution < -0.4 is 10.1 Å². The number of aromatic nitrogens is 3. The van der Waals surface area contributed by atoms with E-state index in [0.717, 1.165) is 0 Å². The van der Waals surface area contributed by atoms with E-state index in [9.17, 15) is 4.79 Å². The number of nitrogens with zero attached hydrogens (tertiary/aromatic N) is 3. The lowest BCUT2D eigenvalue weighted by atomic mass is 10.3. The first-order valence-corrected chi connectivity index (χ1v) is 8.56. The molecule has 0 bridgehead atoms. The monoisotopic (exact) mass is 392 g/mol. The van der Waals surface area contributed by atoms with E-state index in [4.69, 9.17) is 4.74 Å². The molecule has 3 aromatic rings. The molecule has 0 spiro atoms. The van der Waals surface area contributed by atoms with Gasteiger partial charge in [0.15, 0.2) is 10.8 Å². The molecule has 23 heavy (non-hydrogen) atoms. The van der Waals surface area contributed by atoms with E-state index < -0.39 is 5.91 Å². The van der Waals surface area contributed by atoms with Crippen molar-refractivity contribution >= 4 is 49.3 Å². The molecule has 0 aliphatic rings. The molecule has 1 N–H and O–H groups in total. The number of fused-ring (bicyclic) bond motifs is 1. The maximum atomic E-state index is 12.5. The second-order valence-corrected chi connectivity index (χ2v) is 6.63. The molecular weight excluding hydrogens is 380 g/mol. The molecule has 0 saturated carbocycles. The Kier molecular flexibility index (Phi) is 4.53. The number of thiazole rings is 1. The summed E-state index contributed by atoms with van der Waals surface area (Å²) >= 11 is 4.57. The molecule has 2 heterocycles. The van der Waals surface area contributed by atoms with E-state index in [-0.39, 0.29) is 17.7 Å². The van der Waals surface area contributed by atoms with Gasteiger partial charge in [-0.1, -0.05) is 12.1 Å². The molecule has 2 aromatic heterocycles. The predicted octanol–water partition coefficient (Wildman–Crippen LogP) is 3.89. The van der Waals surface area contributed by atoms with Crippen molar-refractivity contribution in [1.29, 1.82) is 0 Å². The highest BCUT2D eigenvalue weighted by molar-refractivity contribution is 9.10. The van der Waals surface area contributed by atoms with Gasteiger partial charge < -0.3 is 4.74 Å². The molecule has 0 aliphatic heterocycles. The van der Waals surface area contributed by atoms with Crippen molar-refractivity contribution < 1.29 is 9.53 Å². The third kappa shape index (κ3) is 3.65. The Labute approximate surface area is 145 Å². The lowest BCUT2D eigenvalue weighted by molar-refractivity contribution is 0.101. The number of hydrogen-bond acceptors (Lipinski definition) is 6. The third-order valence-electron chi connectivity index (χ3n) is 2.80. The van der Waals surface area contributed by atoms with E-state index >= 15 is 0 Å². The molecule has 0 atom stereocenters. The Morgan fingerprint density at radius 1 is 1.22 bits per heavy atom. The highest BCUT2D eigenvalue weighted by Gasteiger charge is 2.20. The van der Waals surface area contributed by atoms with Crippen molar-refractivity contribution in [1.82, 2.24) is 15.0 Å². The number of carbonyl (C=O) groups excluding carboxylic acids is 1. The summed E-state index contributed by atoms with van der Waals surface area (Å²) in [6, 6.07) is 7.34. The molecule has 0 unspecified atom stereocenters. The van der Waals surface area contributed by atoms with Gasteiger partial charge >= 0.3 is 0 Å². The molecule has 1 aromatic carbocycles. The van der Waals surface area contributed by atoms with Crippen LogP contribution in [-0.4, -0.2) is 27.0 Å². The van der Waals surface area contributed by atoms with Crippen LogP contribution in [0.4, 0.5) is 5.13 Å². The van der Waals surface area contributed by atoms with Gasteiger partial charge in [0.05, 0.1) is 17.1 Å². The van der Waals surface area contributed by atoms with Gasteiger partial charge in [-0.15, -0.1) is 11.3 Å². The van der Waals surface area contributed by atoms with Crippen LogP contribution in [0.5, 0.6) is 5.88 Å². The average Bonchev–Trinajstić information content (AvgIpc) is 2.91. The van der Waals surface area contributed by atoms with Crippen LogP contribution >= 0.6 is 27.3 Å². The number of halogens is 1. The van der Waals surface area contributed by atoms with Gasteiger partial charge in [-0.05, 0) is 41.9 Å². The van der Waals surface area contributed by atoms with Crippen molar-refractivity contribution in [3.63, 3.8) is 0 Å². The van der Waals surface area contributed by atoms with Gasteiger partial charge in [0.2, 0.25) is 5.88 Å². The first kappa shape index (κ1) is 15.8. The average molecular weight is 393 g/mol. The Morgan fingerprint density at radius 2 is 1.91 bits per heavy atom. The number of carbonyl (C=O) groups is 1. The van der Waals surface area contributed by atoms with Gasteiger partial charge in [-0.25, -0.2) is 15.0 Å². The van der Waals surface area contributed by atoms with Gasteiger partial charge in [0, 0.05) is 5.38 Å². The van der Waals surface area contributed by atoms with Crippen molar-refractivity contribution in [2.24, 2.45) is 0 Å². The number of amides is 1. The van der Waals surface area contributed by atoms with E-state index in [1.54, 1.807) is 11.4 Å². The van der Waals surface area contributed by atoms with Crippen molar-refractivity contribution in [3.05, 3.63) is 39.9 Å². The van der Waals surface area contributed by atoms with Gasteiger partial charge in [0.1, 0.15) is 4.60 Å². The summed E-state index contributed by atoms with van der Waals surface area (Å²) < 4.78 is 6.32. The highest BCUT2D eigenvalue weighted by atomic mass is 79.9. The molecule has 8 heteroatoms. The van der Waals surface area contributed by atoms with E-state index in [1.165, 1.54) is 11.3 Å². The fourth-order valence-corrected chi connectivity index (χ4v) is 3.04. The number of para-hydroxylation sites is 2. The fourth-order valence-electron chi connectivity index (χ4n) is 1.91. The van der Waals surface area contributed by atoms with Crippen LogP contribution in [0.3, 0.4) is 0 Å². The minimum atomic E-state index is -0.402. The largest absolute Gasteiger partial charge is 0.473 e. The SMILES string of the molecule is CC(C)Oc1nc2ccccc2nc1C(=O)Nc1nc(Br)cs1. The summed E-state index contributed by atoms with van der Waals surface area (Å²) in [5, 5.41) is 4.98. The van der Waals surface area contributed by atoms with Crippen molar-refractivity contribution in [2.45, 2.75) is 20.0 Å². The normalized spacial score (nSPS) is 11.0. The Hall–Kier alpha value is -2.06. The first-order chi connectivity index (χ1) is 11.0. The zero-order valence-corrected chi connectivity index (χ0v) is 14.8. The predicted molar refractivity (Wildman–Crippen MR) is 93.1 cm³/mol. The lowest BCUT2D eigenvalue weighted by Crippen LogP contribution is -2.18. The van der Waals surface area contributed by atoms with Gasteiger partial charge in [-0.3, -0.25) is 10.1 Å². The minimum Gasteiger partial charge on any atom is -0.473 e. The Bertz CT molecular complexity index is 866. The van der Waals surface area contributed by atoms with Crippen LogP contribution in [0, 0.1) is 0 Å². The second-order valence-electron chi connectivity index (χ2n) is 4.96. The van der Waals surface area contributed by atoms with Crippen LogP contribution in [0.25, 0.3) is 11.0 Å². The minimum absolute atomic E-state index is 0.119. The van der Waals surface area contributed by atoms with Crippen LogP contribution in [0.15, 0.2) is 34.2 Å². The summed E-state index contributed by atoms with van der Waals surface area (Å²) in [6.45, 7) is 3.74. The molecule has 0 radical (unpaired) electrons. The molecule has 0 aliphatic carbocycles. The second kappa shape index (κ2) is 6.59. The topological polar surface area (TPSA) is 77.0 Å². The summed E-state index contributed by atoms with van der Waals surface area (Å²) in [7, 11) is 0. The van der Waals surface area contributed by atoms with Gasteiger partial charge in [-0.2, -0.15) is 0 Å². The number of anilines is 1. The summed E-state index contributed by atoms with van der Waals surface area (Å²) in [4.78, 5) is 25.5. The lowest BCUT2D eigenvalue weighted by Gasteiger charge is -2.12. The number of ether oxygens (including phenoxy) is 1. The molecule has 0 fully saturated rings. The van der Waals surface area contributed by atoms with E-state index in [1.807, 2.05) is 32.0 Å². The molecular formula is C15H13BrN4O2S. The zero-order valence-electron chi connectivity index (χ0n) is 12.4. The Morgan fingerprint density at radius 3 is 2.52 bits per heavy atom. The first-order valence-electron chi connectivity index (χ1n) is 6.89. The van der Waals surface area contributed by atoms with Crippen molar-refractivity contribution in [2.75, 3.05) is 5.32 Å². The molecule has 0 saturated heterocycles. The molecule has 6 nitrogen and oxygen atoms in total. The number of nitrogens with one attached hydrogen (secondary N) is 1. The van der Waals surface area contributed by atoms with E-state index in [2.05, 4.69) is 36.2 Å². The van der Waals surface area contributed by atoms with Crippen LogP contribution in [-0.2, 0) is 0 Å². The maximum absolute atomic E-state index is 12.5. The zero-order chi connectivity index (χ0) is 16.4. The summed E-state index contributed by atoms with van der Waals surface area (Å²) in [6.07, 6.45) is -0.119. The number of benzene rings is 1. The maximum Gasteiger partial charge on any atom is 0.281 e. The summed E-state index contributed by atoms with van der Waals surface area (Å²) in [5.41, 5.74) is 1.45. The number of hydrogen-bond donors (Lipinski definition) is 1. The quantitative estimate of drug-likeness (QED) is 0.728. The summed E-state index contributed by atoms with van der Waals surface area (Å²) in [5.74, 6) is -0.187. The highest BCUT2D eigenvalue weighted by Crippen LogP contribution is 2.23. The fraction of sp³-hybridized carbons (Fsp3) is 0.200. The molecule has 3 rings (SSSR count). The van der Waals surface area contributed by atoms with Crippen LogP contribution in [0.1, 0.15) is 24.3 Å². The molecule has 118 valence electrons. The molecule has 1 amide bonds. The Balaban J connectivity index is 2.00. The number of rotatable bonds is 4. The van der Waals surface area contributed by atoms with Gasteiger partial charge in [0.25, 0.3) is 5.91 Å². The van der Waals surface area contributed by atoms with E-state index in [0.29, 0.717) is 20.8 Å². The standard InChI is InChI=1S/C15H13BrN4O2S/c1-8(2)22-14-12(13(21)20-15-19-11(16)7-23-15)17-9-5-3-4-6-10(9)18-14/h3-8H,1-2H3,(H,19,20,21). The van der Waals surface area contributed by atoms with Crippen molar-refractivity contribution in [3.8, 4) is 5.88 Å².